The van der Waals surface area contributed by atoms with Gasteiger partial charge in [0, 0.05) is 17.6 Å². The highest BCUT2D eigenvalue weighted by molar-refractivity contribution is 6.04. The minimum absolute atomic E-state index is 0.0490. The van der Waals surface area contributed by atoms with E-state index in [4.69, 9.17) is 10.5 Å². The molecule has 37 heavy (non-hydrogen) atoms. The molecule has 0 saturated carbocycles. The zero-order valence-electron chi connectivity index (χ0n) is 20.3. The third-order valence-corrected chi connectivity index (χ3v) is 5.91. The molecule has 0 bridgehead atoms. The fourth-order valence-electron chi connectivity index (χ4n) is 4.03. The fraction of sp³-hybridized carbons (Fsp3) is 0.208. The number of nitrogens with two attached hydrogens (primary N) is 1. The summed E-state index contributed by atoms with van der Waals surface area (Å²) in [7, 11) is 1.34. The summed E-state index contributed by atoms with van der Waals surface area (Å²) in [6.45, 7) is 3.90. The van der Waals surface area contributed by atoms with Gasteiger partial charge in [0.1, 0.15) is 11.4 Å². The van der Waals surface area contributed by atoms with Crippen LogP contribution >= 0.6 is 0 Å². The van der Waals surface area contributed by atoms with Crippen molar-refractivity contribution in [3.05, 3.63) is 64.7 Å². The third kappa shape index (κ3) is 4.26. The number of hydrogen-bond acceptors (Lipinski definition) is 9. The Morgan fingerprint density at radius 1 is 1.16 bits per heavy atom. The normalized spacial score (nSPS) is 11.2. The zero-order valence-corrected chi connectivity index (χ0v) is 20.3. The first-order valence-corrected chi connectivity index (χ1v) is 11.3. The summed E-state index contributed by atoms with van der Waals surface area (Å²) >= 11 is 0. The van der Waals surface area contributed by atoms with Gasteiger partial charge in [-0.05, 0) is 44.0 Å². The maximum Gasteiger partial charge on any atom is 0.337 e. The first-order valence-electron chi connectivity index (χ1n) is 11.3. The number of primary amides is 1. The predicted molar refractivity (Wildman–Crippen MR) is 131 cm³/mol. The Labute approximate surface area is 209 Å². The summed E-state index contributed by atoms with van der Waals surface area (Å²) in [4.78, 5) is 32.4. The van der Waals surface area contributed by atoms with Crippen molar-refractivity contribution < 1.29 is 19.4 Å². The number of carbonyl (C=O) groups is 2. The van der Waals surface area contributed by atoms with Crippen LogP contribution in [-0.2, 0) is 17.7 Å². The van der Waals surface area contributed by atoms with Crippen LogP contribution in [0.15, 0.2) is 36.5 Å². The van der Waals surface area contributed by atoms with Gasteiger partial charge in [0.15, 0.2) is 11.4 Å². The van der Waals surface area contributed by atoms with Crippen LogP contribution in [0.25, 0.3) is 28.4 Å². The zero-order chi connectivity index (χ0) is 26.3. The second kappa shape index (κ2) is 9.18. The van der Waals surface area contributed by atoms with Crippen LogP contribution in [0.1, 0.15) is 37.8 Å². The number of carbonyl (C=O) groups excluding carboxylic acids is 2. The lowest BCUT2D eigenvalue weighted by Gasteiger charge is -2.06. The predicted octanol–water partition coefficient (Wildman–Crippen LogP) is 1.85. The highest BCUT2D eigenvalue weighted by atomic mass is 16.5. The molecule has 0 fully saturated rings. The number of hydrogen-bond donors (Lipinski definition) is 3. The quantitative estimate of drug-likeness (QED) is 0.280. The van der Waals surface area contributed by atoms with E-state index in [9.17, 15) is 14.7 Å². The SMILES string of the molecule is COC(=O)c1ccc(CCn2nc(C)c(O)c2-c2n[nH]c(-n3nc(C(N)=O)c4cc(C)ncc43)n2)cc1. The lowest BCUT2D eigenvalue weighted by Crippen LogP contribution is -2.12. The molecule has 0 unspecified atom stereocenters. The molecule has 4 heterocycles. The molecule has 0 aliphatic rings. The number of esters is 1. The van der Waals surface area contributed by atoms with E-state index in [1.54, 1.807) is 42.9 Å². The summed E-state index contributed by atoms with van der Waals surface area (Å²) in [5.41, 5.74) is 9.00. The van der Waals surface area contributed by atoms with Crippen LogP contribution < -0.4 is 5.73 Å². The topological polar surface area (TPSA) is 180 Å². The van der Waals surface area contributed by atoms with Gasteiger partial charge in [0.05, 0.1) is 24.4 Å². The first-order chi connectivity index (χ1) is 17.8. The average molecular weight is 502 g/mol. The largest absolute Gasteiger partial charge is 0.504 e. The number of rotatable bonds is 7. The fourth-order valence-corrected chi connectivity index (χ4v) is 4.03. The van der Waals surface area contributed by atoms with E-state index < -0.39 is 11.9 Å². The van der Waals surface area contributed by atoms with Gasteiger partial charge in [0.25, 0.3) is 5.91 Å². The lowest BCUT2D eigenvalue weighted by atomic mass is 10.1. The number of nitrogens with one attached hydrogen (secondary N) is 1. The third-order valence-electron chi connectivity index (χ3n) is 5.91. The number of H-pyrrole nitrogens is 1. The highest BCUT2D eigenvalue weighted by Crippen LogP contribution is 2.31. The second-order valence-electron chi connectivity index (χ2n) is 8.39. The Hall–Kier alpha value is -5.07. The van der Waals surface area contributed by atoms with Gasteiger partial charge in [-0.2, -0.15) is 25.0 Å². The van der Waals surface area contributed by atoms with E-state index in [0.717, 1.165) is 5.56 Å². The number of methoxy groups -OCH3 is 1. The van der Waals surface area contributed by atoms with E-state index in [1.807, 2.05) is 12.1 Å². The lowest BCUT2D eigenvalue weighted by molar-refractivity contribution is 0.0600. The van der Waals surface area contributed by atoms with E-state index >= 15 is 0 Å². The minimum atomic E-state index is -0.681. The Kier molecular flexibility index (Phi) is 5.87. The molecule has 4 aromatic heterocycles. The van der Waals surface area contributed by atoms with Gasteiger partial charge in [-0.3, -0.25) is 14.5 Å². The van der Waals surface area contributed by atoms with E-state index in [2.05, 4.69) is 30.4 Å². The molecule has 4 N–H and O–H groups in total. The summed E-state index contributed by atoms with van der Waals surface area (Å²) in [6, 6.07) is 8.78. The molecule has 1 aromatic carbocycles. The number of pyridine rings is 1. The van der Waals surface area contributed by atoms with E-state index in [1.165, 1.54) is 11.8 Å². The van der Waals surface area contributed by atoms with Crippen LogP contribution in [0.2, 0.25) is 0 Å². The Morgan fingerprint density at radius 3 is 2.62 bits per heavy atom. The summed E-state index contributed by atoms with van der Waals surface area (Å²) < 4.78 is 7.74. The minimum Gasteiger partial charge on any atom is -0.504 e. The number of aromatic amines is 1. The summed E-state index contributed by atoms with van der Waals surface area (Å²) in [6.07, 6.45) is 2.15. The van der Waals surface area contributed by atoms with Crippen molar-refractivity contribution >= 4 is 22.8 Å². The van der Waals surface area contributed by atoms with Gasteiger partial charge in [-0.25, -0.2) is 9.89 Å². The summed E-state index contributed by atoms with van der Waals surface area (Å²) in [5.74, 6) is -0.729. The summed E-state index contributed by atoms with van der Waals surface area (Å²) in [5, 5.41) is 27.1. The Bertz CT molecular complexity index is 1650. The maximum atomic E-state index is 12.0. The van der Waals surface area contributed by atoms with Crippen molar-refractivity contribution in [1.82, 2.24) is 39.7 Å². The second-order valence-corrected chi connectivity index (χ2v) is 8.39. The molecular formula is C24H23N9O4. The van der Waals surface area contributed by atoms with Crippen molar-refractivity contribution in [1.29, 1.82) is 0 Å². The van der Waals surface area contributed by atoms with Gasteiger partial charge < -0.3 is 15.6 Å². The smallest absolute Gasteiger partial charge is 0.337 e. The van der Waals surface area contributed by atoms with Crippen molar-refractivity contribution in [3.63, 3.8) is 0 Å². The molecule has 5 rings (SSSR count). The monoisotopic (exact) mass is 501 g/mol. The molecule has 0 aliphatic heterocycles. The molecule has 0 spiro atoms. The molecule has 5 aromatic rings. The van der Waals surface area contributed by atoms with Crippen molar-refractivity contribution in [2.45, 2.75) is 26.8 Å². The van der Waals surface area contributed by atoms with Crippen LogP contribution in [0.5, 0.6) is 5.75 Å². The van der Waals surface area contributed by atoms with Gasteiger partial charge >= 0.3 is 5.97 Å². The molecule has 13 heteroatoms. The molecule has 0 aliphatic carbocycles. The molecule has 0 saturated heterocycles. The highest BCUT2D eigenvalue weighted by Gasteiger charge is 2.23. The molecule has 13 nitrogen and oxygen atoms in total. The van der Waals surface area contributed by atoms with Gasteiger partial charge in [0.2, 0.25) is 11.8 Å². The van der Waals surface area contributed by atoms with Crippen LogP contribution in [0.4, 0.5) is 0 Å². The maximum absolute atomic E-state index is 12.0. The van der Waals surface area contributed by atoms with Crippen LogP contribution in [0.3, 0.4) is 0 Å². The number of nitrogens with zero attached hydrogens (tertiary/aromatic N) is 7. The first kappa shape index (κ1) is 23.7. The van der Waals surface area contributed by atoms with E-state index in [-0.39, 0.29) is 23.2 Å². The molecule has 188 valence electrons. The molecule has 0 radical (unpaired) electrons. The number of aromatic nitrogens is 8. The molecular weight excluding hydrogens is 478 g/mol. The number of amides is 1. The van der Waals surface area contributed by atoms with Crippen molar-refractivity contribution in [3.8, 4) is 23.2 Å². The molecule has 0 atom stereocenters. The standard InChI is InChI=1S/C24H23N9O4/c1-12-10-16-17(11-26-12)33(31-18(16)21(25)35)24-27-22(28-29-24)19-20(34)13(2)30-32(19)9-8-14-4-6-15(7-5-14)23(36)37-3/h4-7,10-11,34H,8-9H2,1-3H3,(H2,25,35)(H,27,28,29). The van der Waals surface area contributed by atoms with Crippen LogP contribution in [0, 0.1) is 13.8 Å². The van der Waals surface area contributed by atoms with Crippen LogP contribution in [-0.4, -0.2) is 63.8 Å². The number of fused-ring (bicyclic) bond motifs is 1. The van der Waals surface area contributed by atoms with E-state index in [0.29, 0.717) is 46.5 Å². The Morgan fingerprint density at radius 2 is 1.92 bits per heavy atom. The number of aromatic hydroxyl groups is 1. The number of benzene rings is 1. The average Bonchev–Trinajstić information content (AvgIpc) is 3.58. The van der Waals surface area contributed by atoms with Crippen molar-refractivity contribution in [2.24, 2.45) is 5.73 Å². The Balaban J connectivity index is 1.46. The number of ether oxygens (including phenoxy) is 1. The van der Waals surface area contributed by atoms with Gasteiger partial charge in [-0.15, -0.1) is 0 Å². The van der Waals surface area contributed by atoms with Crippen molar-refractivity contribution in [2.75, 3.05) is 7.11 Å². The molecule has 1 amide bonds. The van der Waals surface area contributed by atoms with Gasteiger partial charge in [-0.1, -0.05) is 12.1 Å². The number of aryl methyl sites for hydroxylation is 4.